The summed E-state index contributed by atoms with van der Waals surface area (Å²) in [5, 5.41) is 11.9. The lowest BCUT2D eigenvalue weighted by Crippen LogP contribution is -2.29. The van der Waals surface area contributed by atoms with Gasteiger partial charge in [0.25, 0.3) is 0 Å². The third-order valence-corrected chi connectivity index (χ3v) is 2.94. The molecule has 4 heteroatoms. The molecular formula is C11H13FN2S. The summed E-state index contributed by atoms with van der Waals surface area (Å²) in [6, 6.07) is 8.33. The van der Waals surface area contributed by atoms with E-state index in [1.54, 1.807) is 23.9 Å². The third-order valence-electron chi connectivity index (χ3n) is 1.84. The Balaban J connectivity index is 2.42. The molecule has 0 aliphatic heterocycles. The topological polar surface area (TPSA) is 35.8 Å². The lowest BCUT2D eigenvalue weighted by atomic mass is 10.3. The quantitative estimate of drug-likeness (QED) is 0.780. The van der Waals surface area contributed by atoms with E-state index in [9.17, 15) is 4.39 Å². The Morgan fingerprint density at radius 1 is 1.47 bits per heavy atom. The zero-order valence-corrected chi connectivity index (χ0v) is 9.35. The monoisotopic (exact) mass is 224 g/mol. The van der Waals surface area contributed by atoms with E-state index in [1.165, 1.54) is 12.1 Å². The molecule has 15 heavy (non-hydrogen) atoms. The molecule has 0 aliphatic rings. The Morgan fingerprint density at radius 2 is 2.13 bits per heavy atom. The largest absolute Gasteiger partial charge is 0.302 e. The van der Waals surface area contributed by atoms with Crippen LogP contribution in [-0.2, 0) is 0 Å². The molecular weight excluding hydrogens is 211 g/mol. The smallest absolute Gasteiger partial charge is 0.123 e. The van der Waals surface area contributed by atoms with Gasteiger partial charge in [0.2, 0.25) is 0 Å². The molecule has 0 radical (unpaired) electrons. The van der Waals surface area contributed by atoms with Crippen LogP contribution in [0.2, 0.25) is 0 Å². The molecule has 0 spiro atoms. The first-order valence-corrected chi connectivity index (χ1v) is 5.76. The Kier molecular flexibility index (Phi) is 5.16. The zero-order valence-electron chi connectivity index (χ0n) is 8.53. The van der Waals surface area contributed by atoms with Crippen molar-refractivity contribution in [2.75, 3.05) is 12.3 Å². The van der Waals surface area contributed by atoms with Crippen LogP contribution in [0.1, 0.15) is 6.92 Å². The lowest BCUT2D eigenvalue weighted by Gasteiger charge is -2.08. The molecule has 80 valence electrons. The normalized spacial score (nSPS) is 12.1. The Labute approximate surface area is 93.5 Å². The van der Waals surface area contributed by atoms with Crippen molar-refractivity contribution in [3.05, 3.63) is 30.1 Å². The second kappa shape index (κ2) is 6.44. The molecule has 1 N–H and O–H groups in total. The highest BCUT2D eigenvalue weighted by molar-refractivity contribution is 7.99. The fourth-order valence-corrected chi connectivity index (χ4v) is 1.98. The minimum atomic E-state index is -0.233. The van der Waals surface area contributed by atoms with Crippen molar-refractivity contribution in [2.24, 2.45) is 0 Å². The van der Waals surface area contributed by atoms with E-state index in [4.69, 9.17) is 5.26 Å². The first-order chi connectivity index (χ1) is 7.26. The number of benzene rings is 1. The highest BCUT2D eigenvalue weighted by atomic mass is 32.2. The Hall–Kier alpha value is -1.05. The van der Waals surface area contributed by atoms with E-state index in [1.807, 2.05) is 6.92 Å². The molecule has 0 saturated carbocycles. The van der Waals surface area contributed by atoms with Gasteiger partial charge in [0.1, 0.15) is 11.9 Å². The first kappa shape index (κ1) is 12.0. The molecule has 1 unspecified atom stereocenters. The summed E-state index contributed by atoms with van der Waals surface area (Å²) in [5.41, 5.74) is 0. The molecule has 0 amide bonds. The van der Waals surface area contributed by atoms with Crippen molar-refractivity contribution < 1.29 is 4.39 Å². The van der Waals surface area contributed by atoms with Crippen LogP contribution in [0.5, 0.6) is 0 Å². The lowest BCUT2D eigenvalue weighted by molar-refractivity contribution is 0.626. The fraction of sp³-hybridized carbons (Fsp3) is 0.364. The van der Waals surface area contributed by atoms with Crippen molar-refractivity contribution in [1.82, 2.24) is 5.32 Å². The highest BCUT2D eigenvalue weighted by Crippen LogP contribution is 2.18. The number of halogens is 1. The van der Waals surface area contributed by atoms with Crippen LogP contribution in [0.25, 0.3) is 0 Å². The molecule has 0 saturated heterocycles. The molecule has 0 fully saturated rings. The average Bonchev–Trinajstić information content (AvgIpc) is 2.26. The number of nitrogens with zero attached hydrogens (tertiary/aromatic N) is 1. The summed E-state index contributed by atoms with van der Waals surface area (Å²) in [6.45, 7) is 2.75. The fourth-order valence-electron chi connectivity index (χ4n) is 1.10. The van der Waals surface area contributed by atoms with Gasteiger partial charge >= 0.3 is 0 Å². The number of nitriles is 1. The SMILES string of the molecule is CCNC(C#N)CSc1ccc(F)cc1. The minimum absolute atomic E-state index is 0.148. The molecule has 2 nitrogen and oxygen atoms in total. The highest BCUT2D eigenvalue weighted by Gasteiger charge is 2.05. The molecule has 0 heterocycles. The van der Waals surface area contributed by atoms with Gasteiger partial charge in [-0.2, -0.15) is 5.26 Å². The van der Waals surface area contributed by atoms with E-state index in [0.29, 0.717) is 5.75 Å². The predicted molar refractivity (Wildman–Crippen MR) is 60.2 cm³/mol. The van der Waals surface area contributed by atoms with E-state index >= 15 is 0 Å². The summed E-state index contributed by atoms with van der Waals surface area (Å²) < 4.78 is 12.6. The van der Waals surface area contributed by atoms with Gasteiger partial charge in [-0.1, -0.05) is 6.92 Å². The second-order valence-corrected chi connectivity index (χ2v) is 4.10. The number of thioether (sulfide) groups is 1. The molecule has 0 aromatic heterocycles. The standard InChI is InChI=1S/C11H13FN2S/c1-2-14-10(7-13)8-15-11-5-3-9(12)4-6-11/h3-6,10,14H,2,8H2,1H3. The molecule has 1 aromatic carbocycles. The Morgan fingerprint density at radius 3 is 2.67 bits per heavy atom. The number of hydrogen-bond donors (Lipinski definition) is 1. The van der Waals surface area contributed by atoms with Gasteiger partial charge < -0.3 is 5.32 Å². The average molecular weight is 224 g/mol. The van der Waals surface area contributed by atoms with Gasteiger partial charge in [-0.25, -0.2) is 4.39 Å². The van der Waals surface area contributed by atoms with Gasteiger partial charge in [-0.3, -0.25) is 0 Å². The predicted octanol–water partition coefficient (Wildman–Crippen LogP) is 2.42. The summed E-state index contributed by atoms with van der Waals surface area (Å²) >= 11 is 1.55. The van der Waals surface area contributed by atoms with Crippen molar-refractivity contribution in [1.29, 1.82) is 5.26 Å². The number of nitrogens with one attached hydrogen (secondary N) is 1. The maximum absolute atomic E-state index is 12.6. The summed E-state index contributed by atoms with van der Waals surface area (Å²) in [5.74, 6) is 0.443. The van der Waals surface area contributed by atoms with Gasteiger partial charge in [-0.05, 0) is 30.8 Å². The summed E-state index contributed by atoms with van der Waals surface area (Å²) in [6.07, 6.45) is 0. The third kappa shape index (κ3) is 4.32. The van der Waals surface area contributed by atoms with Crippen molar-refractivity contribution >= 4 is 11.8 Å². The van der Waals surface area contributed by atoms with Crippen molar-refractivity contribution in [2.45, 2.75) is 17.9 Å². The first-order valence-electron chi connectivity index (χ1n) is 4.77. The molecule has 0 bridgehead atoms. The van der Waals surface area contributed by atoms with Crippen molar-refractivity contribution in [3.63, 3.8) is 0 Å². The van der Waals surface area contributed by atoms with E-state index < -0.39 is 0 Å². The van der Waals surface area contributed by atoms with Gasteiger partial charge in [0.05, 0.1) is 6.07 Å². The Bertz CT molecular complexity index is 331. The number of rotatable bonds is 5. The molecule has 1 aromatic rings. The second-order valence-electron chi connectivity index (χ2n) is 3.00. The van der Waals surface area contributed by atoms with Crippen LogP contribution in [0, 0.1) is 17.1 Å². The minimum Gasteiger partial charge on any atom is -0.302 e. The van der Waals surface area contributed by atoms with Crippen molar-refractivity contribution in [3.8, 4) is 6.07 Å². The summed E-state index contributed by atoms with van der Waals surface area (Å²) in [4.78, 5) is 0.981. The molecule has 0 aliphatic carbocycles. The maximum atomic E-state index is 12.6. The maximum Gasteiger partial charge on any atom is 0.123 e. The summed E-state index contributed by atoms with van der Waals surface area (Å²) in [7, 11) is 0. The van der Waals surface area contributed by atoms with E-state index in [-0.39, 0.29) is 11.9 Å². The van der Waals surface area contributed by atoms with Gasteiger partial charge in [0.15, 0.2) is 0 Å². The molecule has 1 atom stereocenters. The molecule has 1 rings (SSSR count). The van der Waals surface area contributed by atoms with E-state index in [2.05, 4.69) is 11.4 Å². The van der Waals surface area contributed by atoms with E-state index in [0.717, 1.165) is 11.4 Å². The van der Waals surface area contributed by atoms with Crippen LogP contribution < -0.4 is 5.32 Å². The zero-order chi connectivity index (χ0) is 11.1. The van der Waals surface area contributed by atoms with Crippen LogP contribution in [0.3, 0.4) is 0 Å². The van der Waals surface area contributed by atoms with Crippen LogP contribution in [-0.4, -0.2) is 18.3 Å². The van der Waals surface area contributed by atoms with Crippen LogP contribution in [0.15, 0.2) is 29.2 Å². The van der Waals surface area contributed by atoms with Gasteiger partial charge in [-0.15, -0.1) is 11.8 Å². The van der Waals surface area contributed by atoms with Crippen LogP contribution >= 0.6 is 11.8 Å². The number of hydrogen-bond acceptors (Lipinski definition) is 3. The van der Waals surface area contributed by atoms with Crippen LogP contribution in [0.4, 0.5) is 4.39 Å². The van der Waals surface area contributed by atoms with Gasteiger partial charge in [0, 0.05) is 10.6 Å².